The monoisotopic (exact) mass is 290 g/mol. The third-order valence-corrected chi connectivity index (χ3v) is 4.11. The summed E-state index contributed by atoms with van der Waals surface area (Å²) < 4.78 is 0. The first-order valence-electron chi connectivity index (χ1n) is 7.19. The zero-order valence-corrected chi connectivity index (χ0v) is 12.4. The third kappa shape index (κ3) is 4.48. The minimum absolute atomic E-state index is 0.276. The molecule has 1 aliphatic rings. The number of nitrogens with one attached hydrogen (secondary N) is 2. The number of aliphatic carboxylic acids is 1. The molecule has 21 heavy (non-hydrogen) atoms. The number of carboxylic acid groups (broad SMARTS) is 1. The topological polar surface area (TPSA) is 78.4 Å². The second kappa shape index (κ2) is 6.16. The van der Waals surface area contributed by atoms with Crippen LogP contribution in [0.1, 0.15) is 25.8 Å². The Hall–Kier alpha value is -2.04. The summed E-state index contributed by atoms with van der Waals surface area (Å²) in [5, 5.41) is 14.5. The number of hydrogen-bond acceptors (Lipinski definition) is 2. The van der Waals surface area contributed by atoms with Crippen molar-refractivity contribution in [1.29, 1.82) is 0 Å². The lowest BCUT2D eigenvalue weighted by molar-refractivity contribution is -0.139. The summed E-state index contributed by atoms with van der Waals surface area (Å²) in [6, 6.07) is 7.94. The lowest BCUT2D eigenvalue weighted by atomic mass is 10.1. The van der Waals surface area contributed by atoms with Gasteiger partial charge in [0.25, 0.3) is 0 Å². The predicted octanol–water partition coefficient (Wildman–Crippen LogP) is 2.03. The molecule has 0 aliphatic heterocycles. The highest BCUT2D eigenvalue weighted by Crippen LogP contribution is 2.50. The Balaban J connectivity index is 1.82. The lowest BCUT2D eigenvalue weighted by Gasteiger charge is -2.15. The Bertz CT molecular complexity index is 514. The summed E-state index contributed by atoms with van der Waals surface area (Å²) in [5.74, 6) is -0.540. The van der Waals surface area contributed by atoms with E-state index in [9.17, 15) is 14.7 Å². The summed E-state index contributed by atoms with van der Waals surface area (Å²) in [6.45, 7) is 4.91. The Kier molecular flexibility index (Phi) is 4.50. The standard InChI is InChI=1S/C16H22N2O3/c1-16(2)9-12(16)10-17-15(21)18-13(14(19)20)8-11-6-4-3-5-7-11/h3-7,12-13H,8-10H2,1-2H3,(H,19,20)(H2,17,18,21). The van der Waals surface area contributed by atoms with Crippen molar-refractivity contribution in [2.24, 2.45) is 11.3 Å². The van der Waals surface area contributed by atoms with Crippen LogP contribution in [0.15, 0.2) is 30.3 Å². The van der Waals surface area contributed by atoms with Crippen LogP contribution in [0.5, 0.6) is 0 Å². The van der Waals surface area contributed by atoms with Crippen molar-refractivity contribution in [2.45, 2.75) is 32.7 Å². The van der Waals surface area contributed by atoms with E-state index in [1.807, 2.05) is 30.3 Å². The zero-order chi connectivity index (χ0) is 15.5. The maximum atomic E-state index is 11.8. The molecule has 0 aromatic heterocycles. The molecule has 2 amide bonds. The SMILES string of the molecule is CC1(C)CC1CNC(=O)NC(Cc1ccccc1)C(=O)O. The molecule has 114 valence electrons. The third-order valence-electron chi connectivity index (χ3n) is 4.11. The van der Waals surface area contributed by atoms with Gasteiger partial charge in [-0.05, 0) is 23.3 Å². The predicted molar refractivity (Wildman–Crippen MR) is 80.0 cm³/mol. The molecule has 2 atom stereocenters. The number of carboxylic acids is 1. The maximum Gasteiger partial charge on any atom is 0.326 e. The summed E-state index contributed by atoms with van der Waals surface area (Å²) in [4.78, 5) is 23.1. The smallest absolute Gasteiger partial charge is 0.326 e. The molecule has 2 rings (SSSR count). The first-order chi connectivity index (χ1) is 9.88. The summed E-state index contributed by atoms with van der Waals surface area (Å²) in [5.41, 5.74) is 1.18. The fraction of sp³-hybridized carbons (Fsp3) is 0.500. The second-order valence-corrected chi connectivity index (χ2v) is 6.32. The molecule has 1 fully saturated rings. The quantitative estimate of drug-likeness (QED) is 0.750. The van der Waals surface area contributed by atoms with Gasteiger partial charge in [-0.15, -0.1) is 0 Å². The van der Waals surface area contributed by atoms with Gasteiger partial charge in [-0.2, -0.15) is 0 Å². The van der Waals surface area contributed by atoms with Crippen molar-refractivity contribution in [3.8, 4) is 0 Å². The first kappa shape index (κ1) is 15.4. The molecule has 0 spiro atoms. The maximum absolute atomic E-state index is 11.8. The van der Waals surface area contributed by atoms with Crippen LogP contribution < -0.4 is 10.6 Å². The number of amides is 2. The van der Waals surface area contributed by atoms with Gasteiger partial charge in [-0.1, -0.05) is 44.2 Å². The van der Waals surface area contributed by atoms with Crippen LogP contribution in [-0.2, 0) is 11.2 Å². The van der Waals surface area contributed by atoms with E-state index in [0.29, 0.717) is 17.9 Å². The van der Waals surface area contributed by atoms with Gasteiger partial charge >= 0.3 is 12.0 Å². The highest BCUT2D eigenvalue weighted by atomic mass is 16.4. The zero-order valence-electron chi connectivity index (χ0n) is 12.4. The van der Waals surface area contributed by atoms with Crippen LogP contribution in [0, 0.1) is 11.3 Å². The molecule has 2 unspecified atom stereocenters. The van der Waals surface area contributed by atoms with Gasteiger partial charge in [-0.3, -0.25) is 0 Å². The molecular formula is C16H22N2O3. The van der Waals surface area contributed by atoms with Crippen LogP contribution in [0.4, 0.5) is 4.79 Å². The van der Waals surface area contributed by atoms with E-state index >= 15 is 0 Å². The molecule has 1 aromatic rings. The molecule has 1 aromatic carbocycles. The van der Waals surface area contributed by atoms with Crippen molar-refractivity contribution < 1.29 is 14.7 Å². The van der Waals surface area contributed by atoms with E-state index in [4.69, 9.17) is 0 Å². The minimum Gasteiger partial charge on any atom is -0.480 e. The summed E-state index contributed by atoms with van der Waals surface area (Å²) >= 11 is 0. The van der Waals surface area contributed by atoms with Crippen LogP contribution in [0.3, 0.4) is 0 Å². The Morgan fingerprint density at radius 2 is 1.95 bits per heavy atom. The number of carbonyl (C=O) groups excluding carboxylic acids is 1. The number of urea groups is 1. The van der Waals surface area contributed by atoms with Crippen molar-refractivity contribution >= 4 is 12.0 Å². The van der Waals surface area contributed by atoms with Gasteiger partial charge in [0.2, 0.25) is 0 Å². The van der Waals surface area contributed by atoms with Crippen molar-refractivity contribution in [2.75, 3.05) is 6.54 Å². The lowest BCUT2D eigenvalue weighted by Crippen LogP contribution is -2.47. The van der Waals surface area contributed by atoms with Gasteiger partial charge in [0, 0.05) is 13.0 Å². The number of hydrogen-bond donors (Lipinski definition) is 3. The number of carbonyl (C=O) groups is 2. The van der Waals surface area contributed by atoms with Gasteiger partial charge in [-0.25, -0.2) is 9.59 Å². The van der Waals surface area contributed by atoms with E-state index in [-0.39, 0.29) is 6.42 Å². The van der Waals surface area contributed by atoms with E-state index in [1.165, 1.54) is 0 Å². The minimum atomic E-state index is -1.03. The number of benzene rings is 1. The molecule has 5 nitrogen and oxygen atoms in total. The van der Waals surface area contributed by atoms with Crippen LogP contribution >= 0.6 is 0 Å². The Labute approximate surface area is 124 Å². The Morgan fingerprint density at radius 1 is 1.33 bits per heavy atom. The highest BCUT2D eigenvalue weighted by molar-refractivity contribution is 5.82. The molecule has 1 aliphatic carbocycles. The fourth-order valence-electron chi connectivity index (χ4n) is 2.40. The summed E-state index contributed by atoms with van der Waals surface area (Å²) in [7, 11) is 0. The molecule has 5 heteroatoms. The molecular weight excluding hydrogens is 268 g/mol. The summed E-state index contributed by atoms with van der Waals surface area (Å²) in [6.07, 6.45) is 1.37. The molecule has 0 saturated heterocycles. The van der Waals surface area contributed by atoms with Crippen LogP contribution in [-0.4, -0.2) is 29.7 Å². The Morgan fingerprint density at radius 3 is 2.48 bits per heavy atom. The second-order valence-electron chi connectivity index (χ2n) is 6.32. The molecule has 3 N–H and O–H groups in total. The van der Waals surface area contributed by atoms with Gasteiger partial charge in [0.05, 0.1) is 0 Å². The van der Waals surface area contributed by atoms with E-state index in [1.54, 1.807) is 0 Å². The molecule has 0 bridgehead atoms. The van der Waals surface area contributed by atoms with Gasteiger partial charge in [0.1, 0.15) is 6.04 Å². The van der Waals surface area contributed by atoms with Crippen molar-refractivity contribution in [3.05, 3.63) is 35.9 Å². The molecule has 0 heterocycles. The van der Waals surface area contributed by atoms with Gasteiger partial charge in [0.15, 0.2) is 0 Å². The fourth-order valence-corrected chi connectivity index (χ4v) is 2.40. The first-order valence-corrected chi connectivity index (χ1v) is 7.19. The average Bonchev–Trinajstić information content (AvgIpc) is 3.04. The van der Waals surface area contributed by atoms with E-state index in [2.05, 4.69) is 24.5 Å². The van der Waals surface area contributed by atoms with E-state index < -0.39 is 18.0 Å². The molecule has 1 saturated carbocycles. The van der Waals surface area contributed by atoms with Crippen LogP contribution in [0.2, 0.25) is 0 Å². The largest absolute Gasteiger partial charge is 0.480 e. The normalized spacial score (nSPS) is 20.4. The van der Waals surface area contributed by atoms with Crippen LogP contribution in [0.25, 0.3) is 0 Å². The van der Waals surface area contributed by atoms with Crippen molar-refractivity contribution in [3.63, 3.8) is 0 Å². The number of rotatable bonds is 6. The van der Waals surface area contributed by atoms with E-state index in [0.717, 1.165) is 12.0 Å². The molecule has 0 radical (unpaired) electrons. The highest BCUT2D eigenvalue weighted by Gasteiger charge is 2.45. The average molecular weight is 290 g/mol. The van der Waals surface area contributed by atoms with Crippen molar-refractivity contribution in [1.82, 2.24) is 10.6 Å². The van der Waals surface area contributed by atoms with Gasteiger partial charge < -0.3 is 15.7 Å².